The number of amides is 1. The van der Waals surface area contributed by atoms with E-state index in [-0.39, 0.29) is 0 Å². The molecule has 0 aliphatic carbocycles. The summed E-state index contributed by atoms with van der Waals surface area (Å²) >= 11 is 0. The number of carbonyl (C=O) groups excluding carboxylic acids is 1. The fourth-order valence-electron chi connectivity index (χ4n) is 2.84. The van der Waals surface area contributed by atoms with E-state index in [4.69, 9.17) is 5.73 Å². The maximum Gasteiger partial charge on any atom is 0.248 e. The molecule has 1 fully saturated rings. The SMILES string of the molecule is CC1CCCN1Cc1ccc2cc(C(N)=O)ccc2n1. The first-order chi connectivity index (χ1) is 9.63. The molecule has 0 spiro atoms. The van der Waals surface area contributed by atoms with Crippen molar-refractivity contribution < 1.29 is 4.79 Å². The Balaban J connectivity index is 1.87. The minimum atomic E-state index is -0.401. The van der Waals surface area contributed by atoms with Crippen molar-refractivity contribution >= 4 is 16.8 Å². The molecule has 1 unspecified atom stereocenters. The Labute approximate surface area is 118 Å². The Morgan fingerprint density at radius 1 is 1.40 bits per heavy atom. The number of nitrogens with two attached hydrogens (primary N) is 1. The van der Waals surface area contributed by atoms with E-state index in [1.807, 2.05) is 18.2 Å². The number of likely N-dealkylation sites (tertiary alicyclic amines) is 1. The third kappa shape index (κ3) is 2.51. The third-order valence-electron chi connectivity index (χ3n) is 4.09. The normalized spacial score (nSPS) is 19.6. The van der Waals surface area contributed by atoms with Crippen LogP contribution in [0.4, 0.5) is 0 Å². The van der Waals surface area contributed by atoms with Gasteiger partial charge in [0.1, 0.15) is 0 Å². The number of pyridine rings is 1. The Bertz CT molecular complexity index is 653. The van der Waals surface area contributed by atoms with E-state index in [2.05, 4.69) is 16.8 Å². The van der Waals surface area contributed by atoms with Crippen LogP contribution in [0.2, 0.25) is 0 Å². The molecule has 4 heteroatoms. The van der Waals surface area contributed by atoms with Gasteiger partial charge in [-0.3, -0.25) is 14.7 Å². The highest BCUT2D eigenvalue weighted by Crippen LogP contribution is 2.20. The van der Waals surface area contributed by atoms with Crippen molar-refractivity contribution in [2.45, 2.75) is 32.4 Å². The average molecular weight is 269 g/mol. The second-order valence-electron chi connectivity index (χ2n) is 5.54. The summed E-state index contributed by atoms with van der Waals surface area (Å²) in [6.45, 7) is 4.32. The average Bonchev–Trinajstić information content (AvgIpc) is 2.83. The Morgan fingerprint density at radius 3 is 2.95 bits per heavy atom. The van der Waals surface area contributed by atoms with Crippen LogP contribution >= 0.6 is 0 Å². The van der Waals surface area contributed by atoms with Gasteiger partial charge in [0, 0.05) is 23.5 Å². The number of primary amides is 1. The highest BCUT2D eigenvalue weighted by molar-refractivity contribution is 5.96. The van der Waals surface area contributed by atoms with Crippen molar-refractivity contribution in [2.75, 3.05) is 6.54 Å². The highest BCUT2D eigenvalue weighted by atomic mass is 16.1. The molecule has 1 aliphatic heterocycles. The zero-order chi connectivity index (χ0) is 14.1. The Kier molecular flexibility index (Phi) is 3.40. The van der Waals surface area contributed by atoms with Gasteiger partial charge in [-0.05, 0) is 50.6 Å². The van der Waals surface area contributed by atoms with Crippen LogP contribution in [0.1, 0.15) is 35.8 Å². The molecule has 0 radical (unpaired) electrons. The molecule has 3 rings (SSSR count). The van der Waals surface area contributed by atoms with Gasteiger partial charge in [-0.25, -0.2) is 0 Å². The summed E-state index contributed by atoms with van der Waals surface area (Å²) in [7, 11) is 0. The van der Waals surface area contributed by atoms with Crippen LogP contribution < -0.4 is 5.73 Å². The van der Waals surface area contributed by atoms with Gasteiger partial charge in [0.15, 0.2) is 0 Å². The molecule has 0 bridgehead atoms. The smallest absolute Gasteiger partial charge is 0.248 e. The Hall–Kier alpha value is -1.94. The largest absolute Gasteiger partial charge is 0.366 e. The number of hydrogen-bond donors (Lipinski definition) is 1. The summed E-state index contributed by atoms with van der Waals surface area (Å²) in [5.74, 6) is -0.401. The maximum atomic E-state index is 11.2. The minimum absolute atomic E-state index is 0.401. The second kappa shape index (κ2) is 5.21. The number of benzene rings is 1. The standard InChI is InChI=1S/C16H19N3O/c1-11-3-2-8-19(11)10-14-6-4-12-9-13(16(17)20)5-7-15(12)18-14/h4-7,9,11H,2-3,8,10H2,1H3,(H2,17,20). The van der Waals surface area contributed by atoms with E-state index in [0.29, 0.717) is 11.6 Å². The lowest BCUT2D eigenvalue weighted by atomic mass is 10.1. The number of hydrogen-bond acceptors (Lipinski definition) is 3. The summed E-state index contributed by atoms with van der Waals surface area (Å²) in [6.07, 6.45) is 2.55. The van der Waals surface area contributed by atoms with Crippen molar-refractivity contribution in [3.05, 3.63) is 41.6 Å². The molecule has 20 heavy (non-hydrogen) atoms. The first-order valence-electron chi connectivity index (χ1n) is 7.07. The molecular weight excluding hydrogens is 250 g/mol. The molecule has 1 saturated heterocycles. The van der Waals surface area contributed by atoms with Crippen LogP contribution in [0.3, 0.4) is 0 Å². The molecule has 1 atom stereocenters. The predicted molar refractivity (Wildman–Crippen MR) is 79.4 cm³/mol. The number of rotatable bonds is 3. The molecular formula is C16H19N3O. The second-order valence-corrected chi connectivity index (χ2v) is 5.54. The molecule has 2 aromatic rings. The maximum absolute atomic E-state index is 11.2. The fraction of sp³-hybridized carbons (Fsp3) is 0.375. The summed E-state index contributed by atoms with van der Waals surface area (Å²) < 4.78 is 0. The van der Waals surface area contributed by atoms with Gasteiger partial charge in [0.25, 0.3) is 0 Å². The third-order valence-corrected chi connectivity index (χ3v) is 4.09. The number of nitrogens with zero attached hydrogens (tertiary/aromatic N) is 2. The van der Waals surface area contributed by atoms with Crippen LogP contribution in [0.25, 0.3) is 10.9 Å². The monoisotopic (exact) mass is 269 g/mol. The van der Waals surface area contributed by atoms with Crippen LogP contribution in [0.5, 0.6) is 0 Å². The number of carbonyl (C=O) groups is 1. The van der Waals surface area contributed by atoms with Crippen molar-refractivity contribution in [2.24, 2.45) is 5.73 Å². The Morgan fingerprint density at radius 2 is 2.25 bits per heavy atom. The van der Waals surface area contributed by atoms with Gasteiger partial charge >= 0.3 is 0 Å². The molecule has 2 N–H and O–H groups in total. The highest BCUT2D eigenvalue weighted by Gasteiger charge is 2.20. The molecule has 1 aromatic heterocycles. The van der Waals surface area contributed by atoms with Crippen LogP contribution in [-0.2, 0) is 6.54 Å². The lowest BCUT2D eigenvalue weighted by molar-refractivity contribution is 0.100. The summed E-state index contributed by atoms with van der Waals surface area (Å²) in [5, 5.41) is 0.958. The van der Waals surface area contributed by atoms with Crippen molar-refractivity contribution in [1.82, 2.24) is 9.88 Å². The molecule has 4 nitrogen and oxygen atoms in total. The van der Waals surface area contributed by atoms with Crippen LogP contribution in [0.15, 0.2) is 30.3 Å². The van der Waals surface area contributed by atoms with E-state index in [1.54, 1.807) is 12.1 Å². The predicted octanol–water partition coefficient (Wildman–Crippen LogP) is 2.32. The van der Waals surface area contributed by atoms with Crippen molar-refractivity contribution in [3.8, 4) is 0 Å². The lowest BCUT2D eigenvalue weighted by Crippen LogP contribution is -2.26. The van der Waals surface area contributed by atoms with E-state index in [0.717, 1.165) is 29.7 Å². The first kappa shape index (κ1) is 13.1. The molecule has 2 heterocycles. The quantitative estimate of drug-likeness (QED) is 0.930. The zero-order valence-electron chi connectivity index (χ0n) is 11.7. The van der Waals surface area contributed by atoms with Gasteiger partial charge in [-0.1, -0.05) is 6.07 Å². The van der Waals surface area contributed by atoms with Gasteiger partial charge in [0.05, 0.1) is 11.2 Å². The van der Waals surface area contributed by atoms with E-state index < -0.39 is 5.91 Å². The molecule has 1 aromatic carbocycles. The van der Waals surface area contributed by atoms with Crippen LogP contribution in [0, 0.1) is 0 Å². The van der Waals surface area contributed by atoms with Gasteiger partial charge in [0.2, 0.25) is 5.91 Å². The van der Waals surface area contributed by atoms with Crippen molar-refractivity contribution in [1.29, 1.82) is 0 Å². The topological polar surface area (TPSA) is 59.2 Å². The van der Waals surface area contributed by atoms with Crippen LogP contribution in [-0.4, -0.2) is 28.4 Å². The van der Waals surface area contributed by atoms with E-state index in [9.17, 15) is 4.79 Å². The van der Waals surface area contributed by atoms with E-state index >= 15 is 0 Å². The number of aromatic nitrogens is 1. The fourth-order valence-corrected chi connectivity index (χ4v) is 2.84. The lowest BCUT2D eigenvalue weighted by Gasteiger charge is -2.20. The summed E-state index contributed by atoms with van der Waals surface area (Å²) in [4.78, 5) is 18.3. The van der Waals surface area contributed by atoms with Crippen molar-refractivity contribution in [3.63, 3.8) is 0 Å². The molecule has 1 amide bonds. The molecule has 0 saturated carbocycles. The summed E-state index contributed by atoms with van der Waals surface area (Å²) in [5.41, 5.74) is 7.82. The first-order valence-corrected chi connectivity index (χ1v) is 7.07. The van der Waals surface area contributed by atoms with E-state index in [1.165, 1.54) is 12.8 Å². The molecule has 1 aliphatic rings. The van der Waals surface area contributed by atoms with Gasteiger partial charge < -0.3 is 5.73 Å². The minimum Gasteiger partial charge on any atom is -0.366 e. The molecule has 104 valence electrons. The van der Waals surface area contributed by atoms with Gasteiger partial charge in [-0.15, -0.1) is 0 Å². The van der Waals surface area contributed by atoms with Gasteiger partial charge in [-0.2, -0.15) is 0 Å². The number of fused-ring (bicyclic) bond motifs is 1. The zero-order valence-corrected chi connectivity index (χ0v) is 11.7. The summed E-state index contributed by atoms with van der Waals surface area (Å²) in [6, 6.07) is 10.1.